The van der Waals surface area contributed by atoms with Crippen LogP contribution in [-0.2, 0) is 37.2 Å². The summed E-state index contributed by atoms with van der Waals surface area (Å²) in [6, 6.07) is 13.0. The molecule has 268 valence electrons. The predicted molar refractivity (Wildman–Crippen MR) is 189 cm³/mol. The van der Waals surface area contributed by atoms with E-state index in [1.807, 2.05) is 56.5 Å². The summed E-state index contributed by atoms with van der Waals surface area (Å²) in [5, 5.41) is 28.4. The molecule has 2 fully saturated rings. The lowest BCUT2D eigenvalue weighted by molar-refractivity contribution is -0.0907. The first-order valence-corrected chi connectivity index (χ1v) is 19.0. The van der Waals surface area contributed by atoms with Crippen LogP contribution in [0.3, 0.4) is 0 Å². The number of nitrogens with zero attached hydrogens (tertiary/aromatic N) is 3. The van der Waals surface area contributed by atoms with Gasteiger partial charge in [-0.15, -0.1) is 11.3 Å². The number of carbonyl (C=O) groups excluding carboxylic acids is 1. The van der Waals surface area contributed by atoms with Crippen LogP contribution >= 0.6 is 11.3 Å². The molecule has 6 rings (SSSR count). The Bertz CT molecular complexity index is 1910. The zero-order valence-electron chi connectivity index (χ0n) is 28.2. The Labute approximate surface area is 295 Å². The molecule has 0 bridgehead atoms. The van der Waals surface area contributed by atoms with E-state index in [4.69, 9.17) is 14.2 Å². The topological polar surface area (TPSA) is 176 Å². The van der Waals surface area contributed by atoms with Gasteiger partial charge in [0.05, 0.1) is 59.0 Å². The second-order valence-corrected chi connectivity index (χ2v) is 16.1. The molecule has 50 heavy (non-hydrogen) atoms. The van der Waals surface area contributed by atoms with Gasteiger partial charge in [0.15, 0.2) is 12.2 Å². The van der Waals surface area contributed by atoms with E-state index in [-0.39, 0.29) is 55.0 Å². The molecule has 0 spiro atoms. The Morgan fingerprint density at radius 3 is 2.76 bits per heavy atom. The fraction of sp³-hybridized carbons (Fsp3) is 0.457. The molecule has 4 N–H and O–H groups in total. The number of aryl methyl sites for hydroxylation is 1. The quantitative estimate of drug-likeness (QED) is 0.138. The largest absolute Gasteiger partial charge is 0.494 e. The molecular weight excluding hydrogens is 683 g/mol. The van der Waals surface area contributed by atoms with E-state index in [0.717, 1.165) is 22.7 Å². The minimum atomic E-state index is -4.16. The fourth-order valence-electron chi connectivity index (χ4n) is 6.36. The monoisotopic (exact) mass is 725 g/mol. The number of nitrogens with one attached hydrogen (secondary N) is 2. The van der Waals surface area contributed by atoms with Gasteiger partial charge in [0.2, 0.25) is 10.0 Å². The highest BCUT2D eigenvalue weighted by Crippen LogP contribution is 2.33. The zero-order valence-corrected chi connectivity index (χ0v) is 29.8. The fourth-order valence-corrected chi connectivity index (χ4v) is 8.62. The van der Waals surface area contributed by atoms with Crippen LogP contribution in [0.25, 0.3) is 10.9 Å². The molecule has 1 amide bonds. The molecule has 13 nitrogen and oxygen atoms in total. The number of aromatic amines is 1. The molecule has 2 aromatic carbocycles. The van der Waals surface area contributed by atoms with Crippen LogP contribution in [0.2, 0.25) is 0 Å². The van der Waals surface area contributed by atoms with Crippen molar-refractivity contribution in [1.82, 2.24) is 19.6 Å². The summed E-state index contributed by atoms with van der Waals surface area (Å²) in [5.74, 6) is -0.272. The third kappa shape index (κ3) is 8.36. The number of aromatic nitrogens is 2. The van der Waals surface area contributed by atoms with Gasteiger partial charge in [0.25, 0.3) is 0 Å². The lowest BCUT2D eigenvalue weighted by atomic mass is 10.0. The number of fused-ring (bicyclic) bond motifs is 2. The SMILES string of the molecule is Cc1nc(CN=Cc2c(O)[nH]c3ccc(S(=O)(=O)N(CC(C)C)C[C@@H](O)[C@H](Cc4ccccc4)NC(=O)O[C@H]4COC5OCCC54)cc23)cs1. The first-order chi connectivity index (χ1) is 24.0. The molecule has 2 saturated heterocycles. The van der Waals surface area contributed by atoms with Crippen LogP contribution in [0.1, 0.15) is 42.1 Å². The second-order valence-electron chi connectivity index (χ2n) is 13.1. The maximum Gasteiger partial charge on any atom is 0.407 e. The summed E-state index contributed by atoms with van der Waals surface area (Å²) < 4.78 is 46.6. The van der Waals surface area contributed by atoms with Crippen molar-refractivity contribution in [2.24, 2.45) is 16.8 Å². The van der Waals surface area contributed by atoms with E-state index in [0.29, 0.717) is 29.6 Å². The summed E-state index contributed by atoms with van der Waals surface area (Å²) in [7, 11) is -4.16. The number of alkyl carbamates (subject to hydrolysis) is 1. The number of aliphatic hydroxyl groups excluding tert-OH is 1. The number of aliphatic hydroxyl groups is 1. The van der Waals surface area contributed by atoms with Crippen LogP contribution < -0.4 is 5.32 Å². The Morgan fingerprint density at radius 2 is 2.02 bits per heavy atom. The summed E-state index contributed by atoms with van der Waals surface area (Å²) >= 11 is 1.52. The molecule has 0 aliphatic carbocycles. The minimum absolute atomic E-state index is 0.0109. The van der Waals surface area contributed by atoms with E-state index in [1.54, 1.807) is 6.07 Å². The third-order valence-corrected chi connectivity index (χ3v) is 11.5. The lowest BCUT2D eigenvalue weighted by Gasteiger charge is -2.31. The van der Waals surface area contributed by atoms with Crippen LogP contribution in [0.15, 0.2) is 63.8 Å². The van der Waals surface area contributed by atoms with Crippen molar-refractivity contribution in [2.45, 2.75) is 69.6 Å². The van der Waals surface area contributed by atoms with Crippen LogP contribution in [0.5, 0.6) is 5.88 Å². The number of benzene rings is 2. The first-order valence-electron chi connectivity index (χ1n) is 16.7. The Morgan fingerprint density at radius 1 is 1.22 bits per heavy atom. The number of sulfonamides is 1. The molecule has 4 aromatic rings. The van der Waals surface area contributed by atoms with Crippen molar-refractivity contribution in [1.29, 1.82) is 0 Å². The lowest BCUT2D eigenvalue weighted by Crippen LogP contribution is -2.51. The number of rotatable bonds is 14. The van der Waals surface area contributed by atoms with Gasteiger partial charge in [-0.3, -0.25) is 4.99 Å². The standard InChI is InChI=1S/C35H43N5O8S2/c1-21(2)17-40(50(44,45)25-9-10-29-27(14-25)28(33(42)38-29)16-36-15-24-20-49-22(3)37-24)18-31(41)30(13-23-7-5-4-6-8-23)39-35(43)48-32-19-47-34-26(32)11-12-46-34/h4-10,14,16,20-21,26,30-32,34,38,41-42H,11-13,15,17-19H2,1-3H3,(H,39,43)/t26?,30-,31+,32-,34?/m0/s1. The molecule has 4 heterocycles. The molecule has 5 atom stereocenters. The van der Waals surface area contributed by atoms with Gasteiger partial charge in [-0.05, 0) is 49.4 Å². The Balaban J connectivity index is 1.22. The van der Waals surface area contributed by atoms with E-state index in [1.165, 1.54) is 34.0 Å². The normalized spacial score (nSPS) is 20.6. The number of H-pyrrole nitrogens is 1. The number of aliphatic imine (C=N–C) groups is 1. The van der Waals surface area contributed by atoms with Gasteiger partial charge in [-0.1, -0.05) is 44.2 Å². The maximum absolute atomic E-state index is 14.3. The van der Waals surface area contributed by atoms with Gasteiger partial charge >= 0.3 is 6.09 Å². The van der Waals surface area contributed by atoms with Crippen molar-refractivity contribution < 1.29 is 37.6 Å². The van der Waals surface area contributed by atoms with Gasteiger partial charge in [0.1, 0.15) is 6.10 Å². The maximum atomic E-state index is 14.3. The highest BCUT2D eigenvalue weighted by Gasteiger charge is 2.44. The van der Waals surface area contributed by atoms with Gasteiger partial charge in [-0.2, -0.15) is 4.31 Å². The Hall–Kier alpha value is -3.86. The molecule has 0 radical (unpaired) electrons. The van der Waals surface area contributed by atoms with Crippen molar-refractivity contribution >= 4 is 44.6 Å². The van der Waals surface area contributed by atoms with Gasteiger partial charge in [-0.25, -0.2) is 18.2 Å². The second kappa shape index (κ2) is 15.6. The van der Waals surface area contributed by atoms with E-state index in [9.17, 15) is 23.4 Å². The molecular formula is C35H43N5O8S2. The number of aromatic hydroxyl groups is 1. The smallest absolute Gasteiger partial charge is 0.407 e. The van der Waals surface area contributed by atoms with Crippen LogP contribution in [-0.4, -0.2) is 96.1 Å². The first kappa shape index (κ1) is 35.9. The summed E-state index contributed by atoms with van der Waals surface area (Å²) in [4.78, 5) is 24.9. The highest BCUT2D eigenvalue weighted by molar-refractivity contribution is 7.89. The van der Waals surface area contributed by atoms with Crippen molar-refractivity contribution in [3.05, 3.63) is 75.7 Å². The number of hydrogen-bond acceptors (Lipinski definition) is 11. The minimum Gasteiger partial charge on any atom is -0.494 e. The van der Waals surface area contributed by atoms with Crippen LogP contribution in [0, 0.1) is 18.8 Å². The molecule has 2 aliphatic heterocycles. The number of thiazole rings is 1. The number of carbonyl (C=O) groups is 1. The molecule has 0 saturated carbocycles. The third-order valence-electron chi connectivity index (χ3n) is 8.84. The van der Waals surface area contributed by atoms with Crippen molar-refractivity contribution in [3.8, 4) is 5.88 Å². The molecule has 2 aliphatic rings. The van der Waals surface area contributed by atoms with Gasteiger partial charge < -0.3 is 34.7 Å². The molecule has 2 aromatic heterocycles. The average molecular weight is 726 g/mol. The molecule has 2 unspecified atom stereocenters. The number of hydrogen-bond donors (Lipinski definition) is 4. The van der Waals surface area contributed by atoms with Crippen LogP contribution in [0.4, 0.5) is 4.79 Å². The summed E-state index contributed by atoms with van der Waals surface area (Å²) in [5.41, 5.74) is 2.54. The summed E-state index contributed by atoms with van der Waals surface area (Å²) in [6.07, 6.45) is -0.429. The predicted octanol–water partition coefficient (Wildman–Crippen LogP) is 4.36. The van der Waals surface area contributed by atoms with Crippen molar-refractivity contribution in [2.75, 3.05) is 26.3 Å². The number of ether oxygens (including phenoxy) is 3. The zero-order chi connectivity index (χ0) is 35.4. The summed E-state index contributed by atoms with van der Waals surface area (Å²) in [6.45, 7) is 6.58. The van der Waals surface area contributed by atoms with Crippen molar-refractivity contribution in [3.63, 3.8) is 0 Å². The number of amides is 1. The van der Waals surface area contributed by atoms with Gasteiger partial charge in [0, 0.05) is 35.6 Å². The van der Waals surface area contributed by atoms with E-state index < -0.39 is 34.4 Å². The Kier molecular flexibility index (Phi) is 11.2. The molecule has 15 heteroatoms. The van der Waals surface area contributed by atoms with E-state index >= 15 is 0 Å². The highest BCUT2D eigenvalue weighted by atomic mass is 32.2. The average Bonchev–Trinajstić information content (AvgIpc) is 3.86. The van der Waals surface area contributed by atoms with E-state index in [2.05, 4.69) is 20.3 Å².